The van der Waals surface area contributed by atoms with E-state index in [0.29, 0.717) is 13.0 Å². The minimum Gasteiger partial charge on any atom is -0.345 e. The van der Waals surface area contributed by atoms with Crippen molar-refractivity contribution in [2.75, 3.05) is 24.5 Å². The molecule has 0 atom stereocenters. The summed E-state index contributed by atoms with van der Waals surface area (Å²) in [6, 6.07) is 17.5. The van der Waals surface area contributed by atoms with Gasteiger partial charge in [-0.3, -0.25) is 4.79 Å². The first-order chi connectivity index (χ1) is 19.7. The predicted molar refractivity (Wildman–Crippen MR) is 173 cm³/mol. The van der Waals surface area contributed by atoms with Gasteiger partial charge in [0.25, 0.3) is 0 Å². The number of rotatable bonds is 12. The number of fused-ring (bicyclic) bond motifs is 2. The van der Waals surface area contributed by atoms with E-state index in [0.717, 1.165) is 38.8 Å². The normalized spacial score (nSPS) is 17.9. The van der Waals surface area contributed by atoms with Crippen molar-refractivity contribution in [3.63, 3.8) is 0 Å². The second-order valence-corrected chi connectivity index (χ2v) is 12.1. The summed E-state index contributed by atoms with van der Waals surface area (Å²) in [4.78, 5) is 14.3. The van der Waals surface area contributed by atoms with Crippen LogP contribution < -0.4 is 10.2 Å². The van der Waals surface area contributed by atoms with E-state index in [-0.39, 0.29) is 16.7 Å². The summed E-state index contributed by atoms with van der Waals surface area (Å²) in [6.45, 7) is 13.8. The van der Waals surface area contributed by atoms with E-state index in [4.69, 9.17) is 6.42 Å². The highest BCUT2D eigenvalue weighted by molar-refractivity contribution is 6.03. The Morgan fingerprint density at radius 1 is 0.951 bits per heavy atom. The number of allylic oxidation sites excluding steroid dienone is 6. The molecule has 0 saturated carbocycles. The van der Waals surface area contributed by atoms with Gasteiger partial charge in [0.05, 0.1) is 12.0 Å². The maximum atomic E-state index is 11.9. The molecule has 0 fully saturated rings. The summed E-state index contributed by atoms with van der Waals surface area (Å²) in [6.07, 6.45) is 20.9. The molecule has 2 aromatic rings. The third-order valence-electron chi connectivity index (χ3n) is 8.45. The molecule has 214 valence electrons. The average Bonchev–Trinajstić information content (AvgIpc) is 3.31. The van der Waals surface area contributed by atoms with E-state index in [1.54, 1.807) is 0 Å². The molecule has 0 unspecified atom stereocenters. The van der Waals surface area contributed by atoms with Crippen LogP contribution in [0.3, 0.4) is 0 Å². The fraction of sp³-hybridized carbons (Fsp3) is 0.405. The molecule has 2 heterocycles. The van der Waals surface area contributed by atoms with Gasteiger partial charge in [-0.1, -0.05) is 87.7 Å². The second-order valence-electron chi connectivity index (χ2n) is 12.1. The highest BCUT2D eigenvalue weighted by Crippen LogP contribution is 2.47. The molecule has 0 bridgehead atoms. The predicted octanol–water partition coefficient (Wildman–Crippen LogP) is 7.58. The van der Waals surface area contributed by atoms with Crippen LogP contribution in [0.2, 0.25) is 0 Å². The van der Waals surface area contributed by atoms with Gasteiger partial charge in [-0.25, -0.2) is 0 Å². The largest absolute Gasteiger partial charge is 0.345 e. The number of para-hydroxylation sites is 2. The monoisotopic (exact) mass is 548 g/mol. The van der Waals surface area contributed by atoms with Gasteiger partial charge in [-0.05, 0) is 44.4 Å². The van der Waals surface area contributed by atoms with Crippen LogP contribution in [0.5, 0.6) is 0 Å². The molecule has 0 radical (unpaired) electrons. The van der Waals surface area contributed by atoms with E-state index >= 15 is 0 Å². The zero-order chi connectivity index (χ0) is 29.5. The van der Waals surface area contributed by atoms with Crippen LogP contribution in [0.4, 0.5) is 11.4 Å². The molecule has 2 aliphatic rings. The Bertz CT molecular complexity index is 1410. The first-order valence-corrected chi connectivity index (χ1v) is 15.1. The van der Waals surface area contributed by atoms with Crippen molar-refractivity contribution in [2.24, 2.45) is 0 Å². The Hall–Kier alpha value is -3.84. The molecule has 1 amide bonds. The third-order valence-corrected chi connectivity index (χ3v) is 8.45. The number of hydrogen-bond donors (Lipinski definition) is 1. The number of nitrogens with one attached hydrogen (secondary N) is 1. The molecule has 0 saturated heterocycles. The Balaban J connectivity index is 1.49. The molecule has 4 nitrogen and oxygen atoms in total. The molecule has 4 heteroatoms. The number of amides is 1. The van der Waals surface area contributed by atoms with Crippen molar-refractivity contribution in [1.29, 1.82) is 0 Å². The summed E-state index contributed by atoms with van der Waals surface area (Å²) in [5.74, 6) is 2.49. The smallest absolute Gasteiger partial charge is 0.220 e. The van der Waals surface area contributed by atoms with Crippen LogP contribution in [0.25, 0.3) is 0 Å². The molecular formula is C37H46N3O+. The Morgan fingerprint density at radius 2 is 1.68 bits per heavy atom. The van der Waals surface area contributed by atoms with E-state index in [1.165, 1.54) is 33.9 Å². The first kappa shape index (κ1) is 30.1. The van der Waals surface area contributed by atoms with Gasteiger partial charge >= 0.3 is 0 Å². The zero-order valence-corrected chi connectivity index (χ0v) is 25.5. The van der Waals surface area contributed by atoms with Crippen LogP contribution >= 0.6 is 0 Å². The second kappa shape index (κ2) is 13.2. The lowest BCUT2D eigenvalue weighted by molar-refractivity contribution is -0.437. The van der Waals surface area contributed by atoms with Crippen LogP contribution in [0.15, 0.2) is 84.6 Å². The lowest BCUT2D eigenvalue weighted by Gasteiger charge is -2.27. The number of benzene rings is 2. The summed E-state index contributed by atoms with van der Waals surface area (Å²) < 4.78 is 2.48. The highest BCUT2D eigenvalue weighted by atomic mass is 16.1. The van der Waals surface area contributed by atoms with Gasteiger partial charge < -0.3 is 10.2 Å². The number of anilines is 1. The summed E-state index contributed by atoms with van der Waals surface area (Å²) in [5, 5.41) is 2.75. The van der Waals surface area contributed by atoms with Crippen molar-refractivity contribution in [3.8, 4) is 12.3 Å². The van der Waals surface area contributed by atoms with Crippen molar-refractivity contribution in [1.82, 2.24) is 5.32 Å². The molecule has 0 aliphatic carbocycles. The summed E-state index contributed by atoms with van der Waals surface area (Å²) >= 11 is 0. The van der Waals surface area contributed by atoms with Gasteiger partial charge in [0.2, 0.25) is 11.6 Å². The Labute approximate surface area is 247 Å². The van der Waals surface area contributed by atoms with Crippen molar-refractivity contribution in [3.05, 3.63) is 95.7 Å². The highest BCUT2D eigenvalue weighted by Gasteiger charge is 2.43. The first-order valence-electron chi connectivity index (χ1n) is 15.1. The molecule has 2 aromatic carbocycles. The van der Waals surface area contributed by atoms with Crippen molar-refractivity contribution < 1.29 is 9.37 Å². The fourth-order valence-electron chi connectivity index (χ4n) is 6.32. The number of unbranched alkanes of at least 4 members (excludes halogenated alkanes) is 2. The minimum atomic E-state index is -0.0818. The number of nitrogens with zero attached hydrogens (tertiary/aromatic N) is 2. The number of carbonyl (C=O) groups is 1. The van der Waals surface area contributed by atoms with Crippen LogP contribution in [0, 0.1) is 12.3 Å². The van der Waals surface area contributed by atoms with Crippen molar-refractivity contribution >= 4 is 23.0 Å². The Kier molecular flexibility index (Phi) is 9.71. The molecule has 41 heavy (non-hydrogen) atoms. The summed E-state index contributed by atoms with van der Waals surface area (Å²) in [5.41, 5.74) is 7.93. The van der Waals surface area contributed by atoms with E-state index in [9.17, 15) is 4.79 Å². The van der Waals surface area contributed by atoms with E-state index < -0.39 is 0 Å². The van der Waals surface area contributed by atoms with Crippen LogP contribution in [-0.4, -0.2) is 35.8 Å². The topological polar surface area (TPSA) is 35.4 Å². The number of hydrogen-bond acceptors (Lipinski definition) is 2. The number of carbonyl (C=O) groups excluding carboxylic acids is 1. The maximum Gasteiger partial charge on any atom is 0.220 e. The number of terminal acetylenes is 1. The van der Waals surface area contributed by atoms with E-state index in [1.807, 2.05) is 0 Å². The zero-order valence-electron chi connectivity index (χ0n) is 25.5. The molecule has 0 aromatic heterocycles. The quantitative estimate of drug-likeness (QED) is 0.128. The standard InChI is InChI=1S/C37H45N3O/c1-7-26-38-35(41)25-13-10-18-28-40-32-22-17-15-20-30(32)37(5,6)34(40)24-12-9-11-23-33-36(3,4)29-19-14-16-21-31(29)39(33)27-8-2/h1,9,11-12,14-17,19-24H,8,10,13,18,25-28H2,2-6H3/p+1. The maximum absolute atomic E-state index is 11.9. The van der Waals surface area contributed by atoms with Crippen LogP contribution in [-0.2, 0) is 15.6 Å². The third kappa shape index (κ3) is 6.41. The summed E-state index contributed by atoms with van der Waals surface area (Å²) in [7, 11) is 0. The average molecular weight is 549 g/mol. The van der Waals surface area contributed by atoms with Gasteiger partial charge in [0.1, 0.15) is 6.54 Å². The van der Waals surface area contributed by atoms with Crippen LogP contribution in [0.1, 0.15) is 77.8 Å². The van der Waals surface area contributed by atoms with Gasteiger partial charge in [0, 0.05) is 53.9 Å². The van der Waals surface area contributed by atoms with E-state index in [2.05, 4.69) is 134 Å². The van der Waals surface area contributed by atoms with Crippen molar-refractivity contribution in [2.45, 2.75) is 77.6 Å². The molecule has 2 aliphatic heterocycles. The van der Waals surface area contributed by atoms with Gasteiger partial charge in [-0.2, -0.15) is 4.58 Å². The molecular weight excluding hydrogens is 502 g/mol. The minimum absolute atomic E-state index is 0.0254. The molecule has 0 spiro atoms. The molecule has 1 N–H and O–H groups in total. The lowest BCUT2D eigenvalue weighted by atomic mass is 9.81. The SMILES string of the molecule is C#CCNC(=O)CCCCCN1C(=CC=CC=CC2=[N+](CCC)c3ccccc3C2(C)C)C(C)(C)c2ccccc21. The Morgan fingerprint density at radius 3 is 2.44 bits per heavy atom. The van der Waals surface area contributed by atoms with Gasteiger partial charge in [-0.15, -0.1) is 6.42 Å². The fourth-order valence-corrected chi connectivity index (χ4v) is 6.32. The lowest BCUT2D eigenvalue weighted by Crippen LogP contribution is -2.27. The molecule has 4 rings (SSSR count). The van der Waals surface area contributed by atoms with Gasteiger partial charge in [0.15, 0.2) is 5.71 Å².